The number of fused-ring (bicyclic) bond motifs is 1. The number of aromatic amines is 1. The van der Waals surface area contributed by atoms with Crippen LogP contribution in [0.2, 0.25) is 0 Å². The van der Waals surface area contributed by atoms with Gasteiger partial charge in [-0.3, -0.25) is 4.79 Å². The molecule has 0 saturated heterocycles. The van der Waals surface area contributed by atoms with E-state index in [0.717, 1.165) is 24.2 Å². The van der Waals surface area contributed by atoms with E-state index in [1.807, 2.05) is 0 Å². The van der Waals surface area contributed by atoms with Crippen LogP contribution in [0.1, 0.15) is 11.3 Å². The molecule has 0 bridgehead atoms. The second kappa shape index (κ2) is 3.74. The molecule has 0 radical (unpaired) electrons. The lowest BCUT2D eigenvalue weighted by atomic mass is 10.1. The third-order valence-electron chi connectivity index (χ3n) is 2.01. The summed E-state index contributed by atoms with van der Waals surface area (Å²) in [5, 5.41) is 3.16. The van der Waals surface area contributed by atoms with Crippen molar-refractivity contribution in [3.8, 4) is 0 Å². The summed E-state index contributed by atoms with van der Waals surface area (Å²) in [4.78, 5) is 14.3. The maximum absolute atomic E-state index is 11.2. The summed E-state index contributed by atoms with van der Waals surface area (Å²) < 4.78 is 0. The lowest BCUT2D eigenvalue weighted by Gasteiger charge is -2.14. The zero-order valence-electron chi connectivity index (χ0n) is 6.59. The predicted octanol–water partition coefficient (Wildman–Crippen LogP) is 0.442. The Labute approximate surface area is 76.6 Å². The second-order valence-electron chi connectivity index (χ2n) is 2.73. The van der Waals surface area contributed by atoms with E-state index in [-0.39, 0.29) is 17.8 Å². The fourth-order valence-corrected chi connectivity index (χ4v) is 1.40. The molecular formula is C8H11ClN2O. The molecule has 2 heterocycles. The van der Waals surface area contributed by atoms with Gasteiger partial charge in [0, 0.05) is 43.0 Å². The molecule has 0 atom stereocenters. The van der Waals surface area contributed by atoms with Gasteiger partial charge in [0.15, 0.2) is 5.43 Å². The summed E-state index contributed by atoms with van der Waals surface area (Å²) >= 11 is 0. The Balaban J connectivity index is 0.000000720. The van der Waals surface area contributed by atoms with Gasteiger partial charge in [-0.25, -0.2) is 0 Å². The first kappa shape index (κ1) is 9.29. The summed E-state index contributed by atoms with van der Waals surface area (Å²) in [6.07, 6.45) is 2.65. The summed E-state index contributed by atoms with van der Waals surface area (Å²) in [6, 6.07) is 1.58. The van der Waals surface area contributed by atoms with Gasteiger partial charge in [0.25, 0.3) is 0 Å². The van der Waals surface area contributed by atoms with E-state index in [1.54, 1.807) is 12.3 Å². The number of nitrogens with one attached hydrogen (secondary N) is 2. The first-order valence-corrected chi connectivity index (χ1v) is 3.78. The topological polar surface area (TPSA) is 44.9 Å². The van der Waals surface area contributed by atoms with Crippen molar-refractivity contribution in [2.24, 2.45) is 0 Å². The van der Waals surface area contributed by atoms with Gasteiger partial charge in [0.1, 0.15) is 0 Å². The van der Waals surface area contributed by atoms with Gasteiger partial charge in [0.05, 0.1) is 0 Å². The van der Waals surface area contributed by atoms with Crippen molar-refractivity contribution in [3.63, 3.8) is 0 Å². The van der Waals surface area contributed by atoms with Gasteiger partial charge in [-0.05, 0) is 0 Å². The average Bonchev–Trinajstić information content (AvgIpc) is 2.06. The van der Waals surface area contributed by atoms with Crippen LogP contribution in [-0.4, -0.2) is 11.5 Å². The van der Waals surface area contributed by atoms with Crippen molar-refractivity contribution >= 4 is 12.4 Å². The van der Waals surface area contributed by atoms with Crippen LogP contribution in [-0.2, 0) is 13.0 Å². The predicted molar refractivity (Wildman–Crippen MR) is 49.7 cm³/mol. The molecule has 1 aromatic rings. The fourth-order valence-electron chi connectivity index (χ4n) is 1.40. The minimum atomic E-state index is 0. The van der Waals surface area contributed by atoms with Crippen molar-refractivity contribution in [1.82, 2.24) is 10.3 Å². The molecule has 0 saturated carbocycles. The quantitative estimate of drug-likeness (QED) is 0.618. The lowest BCUT2D eigenvalue weighted by molar-refractivity contribution is 0.626. The minimum absolute atomic E-state index is 0. The van der Waals surface area contributed by atoms with E-state index in [0.29, 0.717) is 6.54 Å². The van der Waals surface area contributed by atoms with Gasteiger partial charge in [-0.2, -0.15) is 0 Å². The Hall–Kier alpha value is -0.800. The highest BCUT2D eigenvalue weighted by molar-refractivity contribution is 5.85. The van der Waals surface area contributed by atoms with Gasteiger partial charge in [-0.1, -0.05) is 0 Å². The smallest absolute Gasteiger partial charge is 0.186 e. The molecule has 12 heavy (non-hydrogen) atoms. The van der Waals surface area contributed by atoms with Gasteiger partial charge in [0.2, 0.25) is 0 Å². The highest BCUT2D eigenvalue weighted by Crippen LogP contribution is 2.04. The van der Waals surface area contributed by atoms with E-state index in [4.69, 9.17) is 0 Å². The largest absolute Gasteiger partial charge is 0.364 e. The van der Waals surface area contributed by atoms with Gasteiger partial charge >= 0.3 is 0 Å². The van der Waals surface area contributed by atoms with Gasteiger partial charge < -0.3 is 10.3 Å². The van der Waals surface area contributed by atoms with Gasteiger partial charge in [-0.15, -0.1) is 12.4 Å². The maximum atomic E-state index is 11.2. The zero-order chi connectivity index (χ0) is 7.68. The van der Waals surface area contributed by atoms with Crippen LogP contribution in [0.3, 0.4) is 0 Å². The number of H-pyrrole nitrogens is 1. The fraction of sp³-hybridized carbons (Fsp3) is 0.375. The summed E-state index contributed by atoms with van der Waals surface area (Å²) in [7, 11) is 0. The average molecular weight is 187 g/mol. The summed E-state index contributed by atoms with van der Waals surface area (Å²) in [5.41, 5.74) is 2.14. The van der Waals surface area contributed by atoms with Crippen LogP contribution < -0.4 is 10.7 Å². The summed E-state index contributed by atoms with van der Waals surface area (Å²) in [5.74, 6) is 0. The number of hydrogen-bond acceptors (Lipinski definition) is 2. The molecule has 2 N–H and O–H groups in total. The SMILES string of the molecule is Cl.O=c1cc[nH]c2c1CNCC2. The summed E-state index contributed by atoms with van der Waals surface area (Å²) in [6.45, 7) is 1.68. The lowest BCUT2D eigenvalue weighted by Crippen LogP contribution is -2.29. The number of rotatable bonds is 0. The number of pyridine rings is 1. The second-order valence-corrected chi connectivity index (χ2v) is 2.73. The van der Waals surface area contributed by atoms with Crippen LogP contribution >= 0.6 is 12.4 Å². The normalized spacial score (nSPS) is 14.7. The Morgan fingerprint density at radius 2 is 2.25 bits per heavy atom. The third kappa shape index (κ3) is 1.52. The van der Waals surface area contributed by atoms with Crippen LogP contribution in [0.25, 0.3) is 0 Å². The molecule has 0 aromatic carbocycles. The molecule has 0 spiro atoms. The number of halogens is 1. The molecule has 2 rings (SSSR count). The molecule has 1 aliphatic heterocycles. The van der Waals surface area contributed by atoms with E-state index < -0.39 is 0 Å². The molecule has 66 valence electrons. The molecular weight excluding hydrogens is 176 g/mol. The van der Waals surface area contributed by atoms with Crippen molar-refractivity contribution in [2.45, 2.75) is 13.0 Å². The molecule has 3 nitrogen and oxygen atoms in total. The van der Waals surface area contributed by atoms with Crippen LogP contribution in [0.15, 0.2) is 17.1 Å². The molecule has 4 heteroatoms. The Kier molecular flexibility index (Phi) is 2.89. The minimum Gasteiger partial charge on any atom is -0.364 e. The number of hydrogen-bond donors (Lipinski definition) is 2. The van der Waals surface area contributed by atoms with Crippen molar-refractivity contribution in [3.05, 3.63) is 33.7 Å². The van der Waals surface area contributed by atoms with Crippen molar-refractivity contribution in [1.29, 1.82) is 0 Å². The van der Waals surface area contributed by atoms with Crippen molar-refractivity contribution < 1.29 is 0 Å². The Morgan fingerprint density at radius 3 is 3.00 bits per heavy atom. The highest BCUT2D eigenvalue weighted by Gasteiger charge is 2.10. The molecule has 0 amide bonds. The molecule has 0 unspecified atom stereocenters. The number of aromatic nitrogens is 1. The van der Waals surface area contributed by atoms with Crippen LogP contribution in [0.5, 0.6) is 0 Å². The third-order valence-corrected chi connectivity index (χ3v) is 2.01. The van der Waals surface area contributed by atoms with Crippen LogP contribution in [0, 0.1) is 0 Å². The molecule has 1 aliphatic rings. The van der Waals surface area contributed by atoms with E-state index in [9.17, 15) is 4.79 Å². The molecule has 0 aliphatic carbocycles. The van der Waals surface area contributed by atoms with Crippen molar-refractivity contribution in [2.75, 3.05) is 6.54 Å². The highest BCUT2D eigenvalue weighted by atomic mass is 35.5. The zero-order valence-corrected chi connectivity index (χ0v) is 7.41. The molecule has 0 fully saturated rings. The van der Waals surface area contributed by atoms with E-state index in [1.165, 1.54) is 0 Å². The first-order valence-electron chi connectivity index (χ1n) is 3.78. The first-order chi connectivity index (χ1) is 5.38. The Bertz CT molecular complexity index is 321. The van der Waals surface area contributed by atoms with Crippen LogP contribution in [0.4, 0.5) is 0 Å². The monoisotopic (exact) mass is 186 g/mol. The van der Waals surface area contributed by atoms with E-state index in [2.05, 4.69) is 10.3 Å². The maximum Gasteiger partial charge on any atom is 0.186 e. The standard InChI is InChI=1S/C8H10N2O.ClH/c11-8-2-4-10-7-1-3-9-5-6(7)8;/h2,4,9H,1,3,5H2,(H,10,11);1H. The molecule has 1 aromatic heterocycles. The Morgan fingerprint density at radius 1 is 1.42 bits per heavy atom. The van der Waals surface area contributed by atoms with E-state index >= 15 is 0 Å².